The highest BCUT2D eigenvalue weighted by molar-refractivity contribution is 5.83. The van der Waals surface area contributed by atoms with Crippen LogP contribution in [0.2, 0.25) is 0 Å². The Hall–Kier alpha value is -1.51. The van der Waals surface area contributed by atoms with Crippen LogP contribution < -0.4 is 4.74 Å². The third kappa shape index (κ3) is 1.35. The Bertz CT molecular complexity index is 445. The Morgan fingerprint density at radius 2 is 2.14 bits per heavy atom. The lowest BCUT2D eigenvalue weighted by molar-refractivity contribution is 0.414. The molecule has 0 fully saturated rings. The second-order valence-corrected chi connectivity index (χ2v) is 3.70. The van der Waals surface area contributed by atoms with Gasteiger partial charge < -0.3 is 4.74 Å². The molecule has 3 nitrogen and oxygen atoms in total. The number of hydrogen-bond acceptors (Lipinski definition) is 2. The number of ether oxygens (including phenoxy) is 1. The summed E-state index contributed by atoms with van der Waals surface area (Å²) in [5.41, 5.74) is 2.31. The van der Waals surface area contributed by atoms with Crippen molar-refractivity contribution in [2.45, 2.75) is 19.8 Å². The van der Waals surface area contributed by atoms with Crippen molar-refractivity contribution >= 4 is 10.9 Å². The Morgan fingerprint density at radius 1 is 1.36 bits per heavy atom. The molecule has 0 aliphatic rings. The van der Waals surface area contributed by atoms with E-state index in [0.717, 1.165) is 11.3 Å². The molecule has 0 unspecified atom stereocenters. The Balaban J connectivity index is 2.70. The molecule has 0 saturated carbocycles. The van der Waals surface area contributed by atoms with Gasteiger partial charge in [-0.15, -0.1) is 0 Å². The molecule has 0 aliphatic heterocycles. The number of rotatable bonds is 2. The molecule has 0 radical (unpaired) electrons. The standard InChI is InChI=1S/C11H14N2O/c1-7(2)9-4-8(14-3)5-11-10(9)6-12-13-11/h4-7H,1-3H3,(H,12,13). The van der Waals surface area contributed by atoms with Gasteiger partial charge in [0.15, 0.2) is 0 Å². The van der Waals surface area contributed by atoms with Crippen LogP contribution in [0.3, 0.4) is 0 Å². The zero-order valence-corrected chi connectivity index (χ0v) is 8.66. The maximum Gasteiger partial charge on any atom is 0.121 e. The first kappa shape index (κ1) is 9.06. The molecule has 0 spiro atoms. The van der Waals surface area contributed by atoms with Gasteiger partial charge >= 0.3 is 0 Å². The van der Waals surface area contributed by atoms with Crippen molar-refractivity contribution < 1.29 is 4.74 Å². The van der Waals surface area contributed by atoms with Gasteiger partial charge in [0.1, 0.15) is 5.75 Å². The molecule has 1 aromatic carbocycles. The summed E-state index contributed by atoms with van der Waals surface area (Å²) in [6.07, 6.45) is 1.87. The fraction of sp³-hybridized carbons (Fsp3) is 0.364. The number of H-pyrrole nitrogens is 1. The first-order valence-corrected chi connectivity index (χ1v) is 4.73. The maximum absolute atomic E-state index is 5.23. The van der Waals surface area contributed by atoms with Crippen LogP contribution in [0.4, 0.5) is 0 Å². The molecule has 14 heavy (non-hydrogen) atoms. The molecule has 1 aromatic heterocycles. The Morgan fingerprint density at radius 3 is 2.79 bits per heavy atom. The zero-order valence-electron chi connectivity index (χ0n) is 8.66. The van der Waals surface area contributed by atoms with Crippen LogP contribution in [-0.2, 0) is 0 Å². The molecular weight excluding hydrogens is 176 g/mol. The van der Waals surface area contributed by atoms with Gasteiger partial charge in [0, 0.05) is 11.5 Å². The van der Waals surface area contributed by atoms with Gasteiger partial charge in [-0.3, -0.25) is 5.10 Å². The summed E-state index contributed by atoms with van der Waals surface area (Å²) < 4.78 is 5.23. The smallest absolute Gasteiger partial charge is 0.121 e. The van der Waals surface area contributed by atoms with E-state index in [1.165, 1.54) is 10.9 Å². The third-order valence-corrected chi connectivity index (χ3v) is 2.42. The summed E-state index contributed by atoms with van der Waals surface area (Å²) in [6.45, 7) is 4.34. The summed E-state index contributed by atoms with van der Waals surface area (Å²) in [5, 5.41) is 8.18. The van der Waals surface area contributed by atoms with E-state index in [1.54, 1.807) is 7.11 Å². The minimum Gasteiger partial charge on any atom is -0.497 e. The highest BCUT2D eigenvalue weighted by atomic mass is 16.5. The number of aromatic amines is 1. The number of methoxy groups -OCH3 is 1. The second-order valence-electron chi connectivity index (χ2n) is 3.70. The first-order valence-electron chi connectivity index (χ1n) is 4.73. The fourth-order valence-electron chi connectivity index (χ4n) is 1.65. The van der Waals surface area contributed by atoms with Crippen LogP contribution in [0.5, 0.6) is 5.75 Å². The Labute approximate surface area is 83.1 Å². The van der Waals surface area contributed by atoms with Crippen molar-refractivity contribution in [2.24, 2.45) is 0 Å². The van der Waals surface area contributed by atoms with Gasteiger partial charge in [-0.2, -0.15) is 5.10 Å². The Kier molecular flexibility index (Phi) is 2.15. The third-order valence-electron chi connectivity index (χ3n) is 2.42. The molecule has 0 atom stereocenters. The van der Waals surface area contributed by atoms with E-state index in [4.69, 9.17) is 4.74 Å². The van der Waals surface area contributed by atoms with Gasteiger partial charge in [0.05, 0.1) is 18.8 Å². The van der Waals surface area contributed by atoms with E-state index in [0.29, 0.717) is 5.92 Å². The fourth-order valence-corrected chi connectivity index (χ4v) is 1.65. The van der Waals surface area contributed by atoms with Gasteiger partial charge in [0.25, 0.3) is 0 Å². The van der Waals surface area contributed by atoms with Gasteiger partial charge in [-0.05, 0) is 17.5 Å². The van der Waals surface area contributed by atoms with Crippen molar-refractivity contribution in [1.82, 2.24) is 10.2 Å². The lowest BCUT2D eigenvalue weighted by Gasteiger charge is -2.09. The average Bonchev–Trinajstić information content (AvgIpc) is 2.63. The number of aromatic nitrogens is 2. The highest BCUT2D eigenvalue weighted by Gasteiger charge is 2.08. The van der Waals surface area contributed by atoms with Crippen molar-refractivity contribution in [2.75, 3.05) is 7.11 Å². The molecule has 0 bridgehead atoms. The van der Waals surface area contributed by atoms with Crippen LogP contribution in [0.1, 0.15) is 25.3 Å². The SMILES string of the molecule is COc1cc(C(C)C)c2cn[nH]c2c1. The van der Waals surface area contributed by atoms with Crippen LogP contribution in [-0.4, -0.2) is 17.3 Å². The number of nitrogens with one attached hydrogen (secondary N) is 1. The van der Waals surface area contributed by atoms with Crippen LogP contribution in [0, 0.1) is 0 Å². The molecule has 0 amide bonds. The minimum absolute atomic E-state index is 0.477. The van der Waals surface area contributed by atoms with Crippen LogP contribution >= 0.6 is 0 Å². The van der Waals surface area contributed by atoms with E-state index in [2.05, 4.69) is 30.1 Å². The molecule has 0 aliphatic carbocycles. The predicted octanol–water partition coefficient (Wildman–Crippen LogP) is 2.69. The summed E-state index contributed by atoms with van der Waals surface area (Å²) in [4.78, 5) is 0. The monoisotopic (exact) mass is 190 g/mol. The van der Waals surface area contributed by atoms with Crippen LogP contribution in [0.15, 0.2) is 18.3 Å². The van der Waals surface area contributed by atoms with E-state index in [-0.39, 0.29) is 0 Å². The highest BCUT2D eigenvalue weighted by Crippen LogP contribution is 2.28. The molecule has 1 N–H and O–H groups in total. The molecule has 74 valence electrons. The second kappa shape index (κ2) is 3.33. The molecule has 2 rings (SSSR count). The number of fused-ring (bicyclic) bond motifs is 1. The van der Waals surface area contributed by atoms with Crippen LogP contribution in [0.25, 0.3) is 10.9 Å². The summed E-state index contributed by atoms with van der Waals surface area (Å²) in [6, 6.07) is 4.04. The van der Waals surface area contributed by atoms with E-state index < -0.39 is 0 Å². The van der Waals surface area contributed by atoms with Gasteiger partial charge in [-0.25, -0.2) is 0 Å². The summed E-state index contributed by atoms with van der Waals surface area (Å²) >= 11 is 0. The quantitative estimate of drug-likeness (QED) is 0.790. The number of hydrogen-bond donors (Lipinski definition) is 1. The zero-order chi connectivity index (χ0) is 10.1. The molecule has 3 heteroatoms. The lowest BCUT2D eigenvalue weighted by atomic mass is 9.99. The normalized spacial score (nSPS) is 11.1. The van der Waals surface area contributed by atoms with Crippen molar-refractivity contribution in [3.05, 3.63) is 23.9 Å². The molecule has 1 heterocycles. The first-order chi connectivity index (χ1) is 6.72. The van der Waals surface area contributed by atoms with E-state index in [1.807, 2.05) is 12.3 Å². The van der Waals surface area contributed by atoms with Crippen molar-refractivity contribution in [3.8, 4) is 5.75 Å². The number of nitrogens with zero attached hydrogens (tertiary/aromatic N) is 1. The van der Waals surface area contributed by atoms with Crippen molar-refractivity contribution in [1.29, 1.82) is 0 Å². The van der Waals surface area contributed by atoms with Gasteiger partial charge in [-0.1, -0.05) is 13.8 Å². The van der Waals surface area contributed by atoms with Gasteiger partial charge in [0.2, 0.25) is 0 Å². The maximum atomic E-state index is 5.23. The van der Waals surface area contributed by atoms with E-state index >= 15 is 0 Å². The molecular formula is C11H14N2O. The lowest BCUT2D eigenvalue weighted by Crippen LogP contribution is -1.91. The summed E-state index contributed by atoms with van der Waals surface area (Å²) in [7, 11) is 1.68. The largest absolute Gasteiger partial charge is 0.497 e. The number of benzene rings is 1. The minimum atomic E-state index is 0.477. The molecule has 2 aromatic rings. The van der Waals surface area contributed by atoms with E-state index in [9.17, 15) is 0 Å². The summed E-state index contributed by atoms with van der Waals surface area (Å²) in [5.74, 6) is 1.36. The topological polar surface area (TPSA) is 37.9 Å². The average molecular weight is 190 g/mol. The molecule has 0 saturated heterocycles. The predicted molar refractivity (Wildman–Crippen MR) is 56.7 cm³/mol. The van der Waals surface area contributed by atoms with Crippen molar-refractivity contribution in [3.63, 3.8) is 0 Å².